The van der Waals surface area contributed by atoms with Crippen molar-refractivity contribution in [1.29, 1.82) is 0 Å². The fourth-order valence-corrected chi connectivity index (χ4v) is 5.05. The Hall–Kier alpha value is -3.86. The van der Waals surface area contributed by atoms with Gasteiger partial charge in [-0.1, -0.05) is 11.6 Å². The van der Waals surface area contributed by atoms with E-state index in [0.29, 0.717) is 22.5 Å². The van der Waals surface area contributed by atoms with E-state index in [1.807, 2.05) is 13.8 Å². The Morgan fingerprint density at radius 3 is 2.34 bits per heavy atom. The van der Waals surface area contributed by atoms with Crippen molar-refractivity contribution in [3.63, 3.8) is 0 Å². The molecule has 3 aromatic rings. The maximum Gasteiger partial charge on any atom is 0.417 e. The van der Waals surface area contributed by atoms with Crippen LogP contribution in [0, 0.1) is 0 Å². The van der Waals surface area contributed by atoms with Gasteiger partial charge in [0.1, 0.15) is 0 Å². The summed E-state index contributed by atoms with van der Waals surface area (Å²) in [7, 11) is 0. The van der Waals surface area contributed by atoms with Crippen molar-refractivity contribution in [2.75, 3.05) is 5.32 Å². The monoisotopic (exact) mass is 587 g/mol. The molecule has 0 saturated heterocycles. The van der Waals surface area contributed by atoms with Crippen LogP contribution in [0.1, 0.15) is 71.1 Å². The molecular formula is C29H29ClF3N5O3. The fourth-order valence-electron chi connectivity index (χ4n) is 4.82. The Morgan fingerprint density at radius 1 is 1.07 bits per heavy atom. The minimum atomic E-state index is -4.71. The number of rotatable bonds is 6. The maximum atomic E-state index is 13.8. The molecule has 1 atom stereocenters. The number of halogens is 4. The second kappa shape index (κ2) is 10.8. The van der Waals surface area contributed by atoms with Gasteiger partial charge in [0.25, 0.3) is 17.4 Å². The summed E-state index contributed by atoms with van der Waals surface area (Å²) in [4.78, 5) is 45.7. The van der Waals surface area contributed by atoms with Gasteiger partial charge in [0.15, 0.2) is 0 Å². The predicted molar refractivity (Wildman–Crippen MR) is 149 cm³/mol. The third kappa shape index (κ3) is 5.95. The van der Waals surface area contributed by atoms with Gasteiger partial charge in [-0.15, -0.1) is 0 Å². The van der Waals surface area contributed by atoms with Crippen LogP contribution in [0.25, 0.3) is 5.69 Å². The van der Waals surface area contributed by atoms with Gasteiger partial charge in [0.05, 0.1) is 28.5 Å². The molecule has 1 aliphatic heterocycles. The molecule has 5 rings (SSSR count). The minimum Gasteiger partial charge on any atom is -0.353 e. The number of hydrogen-bond donors (Lipinski definition) is 2. The van der Waals surface area contributed by atoms with Gasteiger partial charge in [0, 0.05) is 34.8 Å². The molecule has 2 aliphatic rings. The van der Waals surface area contributed by atoms with Crippen LogP contribution in [0.15, 0.2) is 47.3 Å². The Kier molecular flexibility index (Phi) is 7.58. The Balaban J connectivity index is 1.49. The summed E-state index contributed by atoms with van der Waals surface area (Å²) < 4.78 is 41.7. The predicted octanol–water partition coefficient (Wildman–Crippen LogP) is 5.20. The number of alkyl halides is 3. The topological polar surface area (TPSA) is 96.3 Å². The van der Waals surface area contributed by atoms with E-state index < -0.39 is 28.7 Å². The van der Waals surface area contributed by atoms with Crippen LogP contribution < -0.4 is 16.2 Å². The van der Waals surface area contributed by atoms with Crippen LogP contribution in [-0.2, 0) is 19.1 Å². The van der Waals surface area contributed by atoms with E-state index in [1.54, 1.807) is 31.2 Å². The van der Waals surface area contributed by atoms with Crippen LogP contribution in [0.3, 0.4) is 0 Å². The van der Waals surface area contributed by atoms with Crippen molar-refractivity contribution in [3.05, 3.63) is 85.8 Å². The number of nitrogens with one attached hydrogen (secondary N) is 2. The summed E-state index contributed by atoms with van der Waals surface area (Å²) in [5.74, 6) is -0.529. The summed E-state index contributed by atoms with van der Waals surface area (Å²) in [5, 5.41) is 5.63. The Labute approximate surface area is 239 Å². The van der Waals surface area contributed by atoms with Gasteiger partial charge in [-0.2, -0.15) is 13.2 Å². The molecular weight excluding hydrogens is 559 g/mol. The molecule has 2 amide bonds. The normalized spacial score (nSPS) is 16.9. The van der Waals surface area contributed by atoms with E-state index in [0.717, 1.165) is 25.0 Å². The molecule has 0 unspecified atom stereocenters. The Morgan fingerprint density at radius 2 is 1.73 bits per heavy atom. The van der Waals surface area contributed by atoms with Gasteiger partial charge < -0.3 is 15.5 Å². The van der Waals surface area contributed by atoms with Gasteiger partial charge in [0.2, 0.25) is 5.95 Å². The largest absolute Gasteiger partial charge is 0.417 e. The molecule has 1 aliphatic carbocycles. The molecule has 2 heterocycles. The van der Waals surface area contributed by atoms with Gasteiger partial charge in [-0.25, -0.2) is 9.55 Å². The summed E-state index contributed by atoms with van der Waals surface area (Å²) >= 11 is 5.74. The lowest BCUT2D eigenvalue weighted by atomic mass is 9.98. The van der Waals surface area contributed by atoms with Crippen LogP contribution in [0.2, 0.25) is 5.02 Å². The highest BCUT2D eigenvalue weighted by atomic mass is 35.5. The molecule has 8 nitrogen and oxygen atoms in total. The van der Waals surface area contributed by atoms with Gasteiger partial charge in [-0.05, 0) is 82.5 Å². The van der Waals surface area contributed by atoms with Gasteiger partial charge >= 0.3 is 6.18 Å². The summed E-state index contributed by atoms with van der Waals surface area (Å²) in [6.45, 7) is 5.46. The van der Waals surface area contributed by atoms with Crippen molar-refractivity contribution in [3.8, 4) is 5.69 Å². The number of carbonyl (C=O) groups is 2. The first kappa shape index (κ1) is 28.7. The second-order valence-corrected chi connectivity index (χ2v) is 11.2. The van der Waals surface area contributed by atoms with E-state index in [-0.39, 0.29) is 48.0 Å². The molecule has 2 N–H and O–H groups in total. The lowest BCUT2D eigenvalue weighted by molar-refractivity contribution is -0.137. The first-order chi connectivity index (χ1) is 19.3. The lowest BCUT2D eigenvalue weighted by Crippen LogP contribution is -2.46. The number of benzene rings is 2. The molecule has 1 fully saturated rings. The highest BCUT2D eigenvalue weighted by molar-refractivity contribution is 6.31. The van der Waals surface area contributed by atoms with E-state index >= 15 is 0 Å². The van der Waals surface area contributed by atoms with Crippen molar-refractivity contribution in [2.24, 2.45) is 0 Å². The smallest absolute Gasteiger partial charge is 0.353 e. The quantitative estimate of drug-likeness (QED) is 0.413. The first-order valence-corrected chi connectivity index (χ1v) is 13.7. The summed E-state index contributed by atoms with van der Waals surface area (Å²) in [5.41, 5.74) is 0.218. The van der Waals surface area contributed by atoms with Crippen LogP contribution in [0.5, 0.6) is 0 Å². The number of nitrogens with zero attached hydrogens (tertiary/aromatic N) is 3. The number of aromatic nitrogens is 2. The summed E-state index contributed by atoms with van der Waals surface area (Å²) in [6, 6.07) is 9.38. The second-order valence-electron chi connectivity index (χ2n) is 10.8. The molecule has 41 heavy (non-hydrogen) atoms. The molecule has 1 saturated carbocycles. The van der Waals surface area contributed by atoms with Crippen molar-refractivity contribution >= 4 is 29.4 Å². The fraction of sp³-hybridized carbons (Fsp3) is 0.379. The van der Waals surface area contributed by atoms with Crippen molar-refractivity contribution in [2.45, 2.75) is 70.9 Å². The molecule has 0 bridgehead atoms. The number of carbonyl (C=O) groups excluding carboxylic acids is 2. The number of hydrogen-bond acceptors (Lipinski definition) is 5. The highest BCUT2D eigenvalue weighted by Crippen LogP contribution is 2.36. The standard InChI is InChI=1S/C29H29ClF3N5O3/c1-15(2)34-28-36-24-14-37(26(40)18-6-11-23(30)22(13-18)29(31,32)33)16(3)12-21(24)27(41)38(28)20-9-4-17(5-10-20)25(39)35-19-7-8-19/h4-6,9-11,13,15-16,19H,7-8,12,14H2,1-3H3,(H,34,36)(H,35,39)/t16-/m1/s1. The van der Waals surface area contributed by atoms with Crippen LogP contribution in [0.4, 0.5) is 19.1 Å². The SMILES string of the molecule is CC(C)Nc1nc2c(c(=O)n1-c1ccc(C(=O)NC3CC3)cc1)C[C@@H](C)N(C(=O)c1ccc(Cl)c(C(F)(F)F)c1)C2. The maximum absolute atomic E-state index is 13.8. The van der Waals surface area contributed by atoms with Crippen molar-refractivity contribution in [1.82, 2.24) is 19.8 Å². The third-order valence-electron chi connectivity index (χ3n) is 7.11. The van der Waals surface area contributed by atoms with E-state index in [4.69, 9.17) is 16.6 Å². The molecule has 0 radical (unpaired) electrons. The Bertz CT molecular complexity index is 1570. The molecule has 216 valence electrons. The van der Waals surface area contributed by atoms with E-state index in [2.05, 4.69) is 10.6 Å². The summed E-state index contributed by atoms with van der Waals surface area (Å²) in [6.07, 6.45) is -2.60. The minimum absolute atomic E-state index is 0.0531. The zero-order chi connectivity index (χ0) is 29.6. The molecule has 12 heteroatoms. The zero-order valence-electron chi connectivity index (χ0n) is 22.7. The van der Waals surface area contributed by atoms with E-state index in [1.165, 1.54) is 15.5 Å². The molecule has 2 aromatic carbocycles. The van der Waals surface area contributed by atoms with Crippen molar-refractivity contribution < 1.29 is 22.8 Å². The number of amides is 2. The molecule has 1 aromatic heterocycles. The average molecular weight is 588 g/mol. The zero-order valence-corrected chi connectivity index (χ0v) is 23.4. The number of fused-ring (bicyclic) bond motifs is 1. The number of anilines is 1. The lowest BCUT2D eigenvalue weighted by Gasteiger charge is -2.35. The first-order valence-electron chi connectivity index (χ1n) is 13.3. The molecule has 0 spiro atoms. The average Bonchev–Trinajstić information content (AvgIpc) is 3.72. The third-order valence-corrected chi connectivity index (χ3v) is 7.44. The van der Waals surface area contributed by atoms with Crippen LogP contribution in [-0.4, -0.2) is 44.4 Å². The van der Waals surface area contributed by atoms with Crippen LogP contribution >= 0.6 is 11.6 Å². The van der Waals surface area contributed by atoms with E-state index in [9.17, 15) is 27.6 Å². The highest BCUT2D eigenvalue weighted by Gasteiger charge is 2.36. The van der Waals surface area contributed by atoms with Gasteiger partial charge in [-0.3, -0.25) is 14.4 Å².